The van der Waals surface area contributed by atoms with E-state index in [1.165, 1.54) is 4.90 Å². The molecular weight excluding hydrogens is 194 g/mol. The molecule has 0 saturated carbocycles. The van der Waals surface area contributed by atoms with Crippen molar-refractivity contribution >= 4 is 12.0 Å². The van der Waals surface area contributed by atoms with Gasteiger partial charge in [0.25, 0.3) is 0 Å². The third-order valence-corrected chi connectivity index (χ3v) is 2.21. The maximum atomic E-state index is 11.3. The molecule has 0 bridgehead atoms. The molecule has 0 aromatic heterocycles. The van der Waals surface area contributed by atoms with Crippen LogP contribution in [0.15, 0.2) is 12.2 Å². The summed E-state index contributed by atoms with van der Waals surface area (Å²) in [5.41, 5.74) is 0. The lowest BCUT2D eigenvalue weighted by Gasteiger charge is -2.12. The molecule has 1 aliphatic heterocycles. The number of ether oxygens (including phenoxy) is 1. The number of allylic oxidation sites excluding steroid dienone is 1. The van der Waals surface area contributed by atoms with Crippen LogP contribution in [0, 0.1) is 0 Å². The highest BCUT2D eigenvalue weighted by molar-refractivity contribution is 5.93. The molecule has 0 spiro atoms. The quantitative estimate of drug-likeness (QED) is 0.528. The van der Waals surface area contributed by atoms with E-state index >= 15 is 0 Å². The van der Waals surface area contributed by atoms with Crippen molar-refractivity contribution in [2.24, 2.45) is 0 Å². The molecule has 84 valence electrons. The largest absolute Gasteiger partial charge is 0.449 e. The van der Waals surface area contributed by atoms with E-state index in [1.807, 2.05) is 19.1 Å². The second-order valence-electron chi connectivity index (χ2n) is 3.43. The van der Waals surface area contributed by atoms with E-state index < -0.39 is 6.09 Å². The smallest absolute Gasteiger partial charge is 0.416 e. The summed E-state index contributed by atoms with van der Waals surface area (Å²) in [6.07, 6.45) is 6.41. The van der Waals surface area contributed by atoms with Crippen LogP contribution in [0.2, 0.25) is 0 Å². The van der Waals surface area contributed by atoms with E-state index in [1.54, 1.807) is 0 Å². The topological polar surface area (TPSA) is 46.6 Å². The molecule has 15 heavy (non-hydrogen) atoms. The van der Waals surface area contributed by atoms with Gasteiger partial charge in [-0.05, 0) is 19.3 Å². The molecule has 4 nitrogen and oxygen atoms in total. The molecule has 0 unspecified atom stereocenters. The monoisotopic (exact) mass is 211 g/mol. The first-order chi connectivity index (χ1) is 7.25. The van der Waals surface area contributed by atoms with Gasteiger partial charge in [-0.1, -0.05) is 19.1 Å². The standard InChI is InChI=1S/C11H17NO3/c1-2-3-4-5-9-15-11(14)12-8-6-7-10(12)13/h3-4H,2,5-9H2,1H3/b4-3-. The Labute approximate surface area is 89.9 Å². The van der Waals surface area contributed by atoms with Gasteiger partial charge < -0.3 is 4.74 Å². The van der Waals surface area contributed by atoms with Crippen molar-refractivity contribution in [2.45, 2.75) is 32.6 Å². The lowest BCUT2D eigenvalue weighted by atomic mass is 10.3. The summed E-state index contributed by atoms with van der Waals surface area (Å²) >= 11 is 0. The average molecular weight is 211 g/mol. The summed E-state index contributed by atoms with van der Waals surface area (Å²) in [6.45, 7) is 2.90. The van der Waals surface area contributed by atoms with Crippen LogP contribution in [-0.2, 0) is 9.53 Å². The predicted molar refractivity (Wildman–Crippen MR) is 56.3 cm³/mol. The third-order valence-electron chi connectivity index (χ3n) is 2.21. The predicted octanol–water partition coefficient (Wildman–Crippen LogP) is 2.10. The number of carbonyl (C=O) groups is 2. The van der Waals surface area contributed by atoms with Gasteiger partial charge in [-0.2, -0.15) is 0 Å². The summed E-state index contributed by atoms with van der Waals surface area (Å²) in [5, 5.41) is 0. The zero-order valence-corrected chi connectivity index (χ0v) is 9.07. The Bertz CT molecular complexity index is 261. The summed E-state index contributed by atoms with van der Waals surface area (Å²) in [7, 11) is 0. The number of imide groups is 1. The number of hydrogen-bond donors (Lipinski definition) is 0. The Morgan fingerprint density at radius 2 is 2.33 bits per heavy atom. The number of hydrogen-bond acceptors (Lipinski definition) is 3. The van der Waals surface area contributed by atoms with Gasteiger partial charge in [0.1, 0.15) is 0 Å². The normalized spacial score (nSPS) is 16.3. The minimum Gasteiger partial charge on any atom is -0.449 e. The maximum absolute atomic E-state index is 11.3. The van der Waals surface area contributed by atoms with Crippen LogP contribution in [0.25, 0.3) is 0 Å². The van der Waals surface area contributed by atoms with E-state index in [0.29, 0.717) is 26.0 Å². The van der Waals surface area contributed by atoms with Crippen molar-refractivity contribution in [3.05, 3.63) is 12.2 Å². The van der Waals surface area contributed by atoms with E-state index in [2.05, 4.69) is 0 Å². The summed E-state index contributed by atoms with van der Waals surface area (Å²) in [6, 6.07) is 0. The van der Waals surface area contributed by atoms with Gasteiger partial charge in [0.15, 0.2) is 0 Å². The highest BCUT2D eigenvalue weighted by atomic mass is 16.6. The molecule has 0 aromatic carbocycles. The van der Waals surface area contributed by atoms with Crippen molar-refractivity contribution < 1.29 is 14.3 Å². The van der Waals surface area contributed by atoms with Gasteiger partial charge in [-0.3, -0.25) is 4.79 Å². The molecule has 4 heteroatoms. The highest BCUT2D eigenvalue weighted by Gasteiger charge is 2.27. The van der Waals surface area contributed by atoms with E-state index in [9.17, 15) is 9.59 Å². The Morgan fingerprint density at radius 1 is 1.53 bits per heavy atom. The SMILES string of the molecule is CC/C=C\CCOC(=O)N1CCCC1=O. The van der Waals surface area contributed by atoms with Gasteiger partial charge in [0.05, 0.1) is 6.61 Å². The van der Waals surface area contributed by atoms with E-state index in [4.69, 9.17) is 4.74 Å². The van der Waals surface area contributed by atoms with Crippen LogP contribution < -0.4 is 0 Å². The first-order valence-corrected chi connectivity index (χ1v) is 5.37. The van der Waals surface area contributed by atoms with Crippen molar-refractivity contribution in [3.8, 4) is 0 Å². The highest BCUT2D eigenvalue weighted by Crippen LogP contribution is 2.10. The summed E-state index contributed by atoms with van der Waals surface area (Å²) in [4.78, 5) is 23.7. The third kappa shape index (κ3) is 3.73. The molecule has 0 aliphatic carbocycles. The molecule has 0 radical (unpaired) electrons. The van der Waals surface area contributed by atoms with Gasteiger partial charge in [-0.15, -0.1) is 0 Å². The summed E-state index contributed by atoms with van der Waals surface area (Å²) < 4.78 is 4.96. The van der Waals surface area contributed by atoms with Crippen LogP contribution in [0.4, 0.5) is 4.79 Å². The average Bonchev–Trinajstić information content (AvgIpc) is 2.64. The van der Waals surface area contributed by atoms with Crippen molar-refractivity contribution in [2.75, 3.05) is 13.2 Å². The fourth-order valence-electron chi connectivity index (χ4n) is 1.42. The van der Waals surface area contributed by atoms with Crippen molar-refractivity contribution in [1.82, 2.24) is 4.90 Å². The fraction of sp³-hybridized carbons (Fsp3) is 0.636. The molecular formula is C11H17NO3. The minimum atomic E-state index is -0.498. The number of nitrogens with zero attached hydrogens (tertiary/aromatic N) is 1. The lowest BCUT2D eigenvalue weighted by molar-refractivity contribution is -0.126. The Kier molecular flexibility index (Phi) is 4.87. The molecule has 0 atom stereocenters. The molecule has 0 aromatic rings. The van der Waals surface area contributed by atoms with Gasteiger partial charge in [0.2, 0.25) is 5.91 Å². The van der Waals surface area contributed by atoms with Crippen LogP contribution in [0.5, 0.6) is 0 Å². The van der Waals surface area contributed by atoms with Crippen LogP contribution in [0.1, 0.15) is 32.6 Å². The molecule has 1 rings (SSSR count). The number of likely N-dealkylation sites (tertiary alicyclic amines) is 1. The van der Waals surface area contributed by atoms with Crippen molar-refractivity contribution in [3.63, 3.8) is 0 Å². The van der Waals surface area contributed by atoms with Crippen LogP contribution >= 0.6 is 0 Å². The second kappa shape index (κ2) is 6.22. The molecule has 1 aliphatic rings. The minimum absolute atomic E-state index is 0.121. The second-order valence-corrected chi connectivity index (χ2v) is 3.43. The summed E-state index contributed by atoms with van der Waals surface area (Å²) in [5.74, 6) is -0.121. The van der Waals surface area contributed by atoms with Gasteiger partial charge in [0, 0.05) is 13.0 Å². The number of rotatable bonds is 4. The fourth-order valence-corrected chi connectivity index (χ4v) is 1.42. The molecule has 0 N–H and O–H groups in total. The Morgan fingerprint density at radius 3 is 2.93 bits per heavy atom. The van der Waals surface area contributed by atoms with E-state index in [-0.39, 0.29) is 5.91 Å². The molecule has 1 heterocycles. The Hall–Kier alpha value is -1.32. The van der Waals surface area contributed by atoms with Crippen LogP contribution in [0.3, 0.4) is 0 Å². The van der Waals surface area contributed by atoms with Crippen LogP contribution in [-0.4, -0.2) is 30.1 Å². The molecule has 2 amide bonds. The molecule has 1 saturated heterocycles. The number of amides is 2. The first-order valence-electron chi connectivity index (χ1n) is 5.37. The Balaban J connectivity index is 2.18. The zero-order chi connectivity index (χ0) is 11.1. The first kappa shape index (κ1) is 11.8. The van der Waals surface area contributed by atoms with Crippen molar-refractivity contribution in [1.29, 1.82) is 0 Å². The molecule has 1 fully saturated rings. The maximum Gasteiger partial charge on any atom is 0.416 e. The zero-order valence-electron chi connectivity index (χ0n) is 9.07. The number of carbonyl (C=O) groups excluding carboxylic acids is 2. The van der Waals surface area contributed by atoms with Gasteiger partial charge in [-0.25, -0.2) is 9.69 Å². The van der Waals surface area contributed by atoms with E-state index in [0.717, 1.165) is 12.8 Å². The van der Waals surface area contributed by atoms with Gasteiger partial charge >= 0.3 is 6.09 Å². The lowest BCUT2D eigenvalue weighted by Crippen LogP contribution is -2.32.